The summed E-state index contributed by atoms with van der Waals surface area (Å²) in [4.78, 5) is 15.5. The number of nitrogen functional groups attached to an aromatic ring is 1. The molecule has 0 fully saturated rings. The van der Waals surface area contributed by atoms with Gasteiger partial charge in [-0.05, 0) is 12.1 Å². The molecule has 0 atom stereocenters. The number of hydrogen-bond acceptors (Lipinski definition) is 8. The summed E-state index contributed by atoms with van der Waals surface area (Å²) < 4.78 is 10.6. The van der Waals surface area contributed by atoms with E-state index in [2.05, 4.69) is 25.3 Å². The summed E-state index contributed by atoms with van der Waals surface area (Å²) in [5.74, 6) is 2.60. The molecule has 4 N–H and O–H groups in total. The van der Waals surface area contributed by atoms with Crippen molar-refractivity contribution in [2.75, 3.05) is 30.1 Å². The minimum absolute atomic E-state index is 0.232. The van der Waals surface area contributed by atoms with Gasteiger partial charge >= 0.3 is 0 Å². The largest absolute Gasteiger partial charge is 0.454 e. The number of nitrogens with two attached hydrogens (primary N) is 1. The molecule has 0 saturated carbocycles. The third kappa shape index (κ3) is 2.82. The lowest BCUT2D eigenvalue weighted by molar-refractivity contribution is 0.174. The zero-order valence-electron chi connectivity index (χ0n) is 12.1. The van der Waals surface area contributed by atoms with Crippen LogP contribution in [-0.4, -0.2) is 39.0 Å². The molecule has 0 saturated heterocycles. The summed E-state index contributed by atoms with van der Waals surface area (Å²) in [5.41, 5.74) is 8.09. The third-order valence-corrected chi connectivity index (χ3v) is 4.29. The van der Waals surface area contributed by atoms with Crippen molar-refractivity contribution in [2.24, 2.45) is 0 Å². The first-order valence-electron chi connectivity index (χ1n) is 7.02. The van der Waals surface area contributed by atoms with E-state index in [0.29, 0.717) is 5.65 Å². The van der Waals surface area contributed by atoms with Crippen molar-refractivity contribution in [2.45, 2.75) is 5.03 Å². The van der Waals surface area contributed by atoms with E-state index in [1.807, 2.05) is 18.2 Å². The molecule has 1 aliphatic heterocycles. The maximum atomic E-state index is 5.70. The summed E-state index contributed by atoms with van der Waals surface area (Å²) in [7, 11) is 0. The highest BCUT2D eigenvalue weighted by Gasteiger charge is 2.13. The average Bonchev–Trinajstić information content (AvgIpc) is 3.19. The number of benzene rings is 1. The topological polar surface area (TPSA) is 111 Å². The normalized spacial score (nSPS) is 12.7. The van der Waals surface area contributed by atoms with Gasteiger partial charge in [-0.1, -0.05) is 0 Å². The molecule has 2 aromatic heterocycles. The molecular weight excluding hydrogens is 316 g/mol. The van der Waals surface area contributed by atoms with Gasteiger partial charge in [-0.15, -0.1) is 11.8 Å². The van der Waals surface area contributed by atoms with Crippen LogP contribution in [0.2, 0.25) is 0 Å². The number of aromatic amines is 1. The second kappa shape index (κ2) is 5.84. The Hall–Kier alpha value is -2.68. The standard InChI is InChI=1S/C14H14N6O2S/c15-14-19-12-11(17-6-18-12)13(20-14)23-4-3-16-8-1-2-9-10(5-8)22-7-21-9/h1-2,5-6,16H,3-4,7H2,(H3,15,17,18,19,20). The molecule has 0 amide bonds. The maximum absolute atomic E-state index is 5.70. The molecular formula is C14H14N6O2S. The number of rotatable bonds is 5. The zero-order chi connectivity index (χ0) is 15.6. The van der Waals surface area contributed by atoms with E-state index in [-0.39, 0.29) is 12.7 Å². The summed E-state index contributed by atoms with van der Waals surface area (Å²) >= 11 is 1.59. The zero-order valence-corrected chi connectivity index (χ0v) is 12.9. The second-order valence-corrected chi connectivity index (χ2v) is 5.92. The Morgan fingerprint density at radius 3 is 3.13 bits per heavy atom. The Morgan fingerprint density at radius 1 is 1.26 bits per heavy atom. The molecule has 23 heavy (non-hydrogen) atoms. The van der Waals surface area contributed by atoms with Crippen molar-refractivity contribution >= 4 is 34.6 Å². The predicted molar refractivity (Wildman–Crippen MR) is 87.9 cm³/mol. The minimum atomic E-state index is 0.232. The number of fused-ring (bicyclic) bond motifs is 2. The third-order valence-electron chi connectivity index (χ3n) is 3.31. The van der Waals surface area contributed by atoms with Gasteiger partial charge in [0.2, 0.25) is 12.7 Å². The van der Waals surface area contributed by atoms with Crippen LogP contribution in [0.25, 0.3) is 11.2 Å². The SMILES string of the molecule is Nc1nc(SCCNc2ccc3c(c2)OCO3)c2[nH]cnc2n1. The first-order chi connectivity index (χ1) is 11.3. The van der Waals surface area contributed by atoms with Crippen LogP contribution in [0, 0.1) is 0 Å². The molecule has 4 rings (SSSR count). The van der Waals surface area contributed by atoms with Crippen molar-refractivity contribution in [3.05, 3.63) is 24.5 Å². The lowest BCUT2D eigenvalue weighted by Gasteiger charge is -2.07. The Bertz CT molecular complexity index is 852. The van der Waals surface area contributed by atoms with Crippen molar-refractivity contribution in [1.29, 1.82) is 0 Å². The number of imidazole rings is 1. The first-order valence-corrected chi connectivity index (χ1v) is 8.01. The Morgan fingerprint density at radius 2 is 2.17 bits per heavy atom. The van der Waals surface area contributed by atoms with Gasteiger partial charge in [0.15, 0.2) is 17.1 Å². The molecule has 0 bridgehead atoms. The van der Waals surface area contributed by atoms with Crippen LogP contribution in [-0.2, 0) is 0 Å². The van der Waals surface area contributed by atoms with Gasteiger partial charge < -0.3 is 25.5 Å². The average molecular weight is 330 g/mol. The van der Waals surface area contributed by atoms with Crippen LogP contribution in [0.15, 0.2) is 29.6 Å². The molecule has 1 aromatic carbocycles. The number of nitrogens with one attached hydrogen (secondary N) is 2. The fourth-order valence-corrected chi connectivity index (χ4v) is 3.13. The summed E-state index contributed by atoms with van der Waals surface area (Å²) in [6.45, 7) is 1.05. The van der Waals surface area contributed by atoms with Crippen molar-refractivity contribution in [1.82, 2.24) is 19.9 Å². The molecule has 3 aromatic rings. The number of anilines is 2. The second-order valence-electron chi connectivity index (χ2n) is 4.83. The van der Waals surface area contributed by atoms with Crippen LogP contribution < -0.4 is 20.5 Å². The molecule has 118 valence electrons. The van der Waals surface area contributed by atoms with Gasteiger partial charge in [0, 0.05) is 24.1 Å². The lowest BCUT2D eigenvalue weighted by atomic mass is 10.3. The van der Waals surface area contributed by atoms with E-state index in [1.54, 1.807) is 18.1 Å². The molecule has 9 heteroatoms. The van der Waals surface area contributed by atoms with E-state index >= 15 is 0 Å². The van der Waals surface area contributed by atoms with Gasteiger partial charge in [0.05, 0.1) is 6.33 Å². The number of ether oxygens (including phenoxy) is 2. The van der Waals surface area contributed by atoms with Gasteiger partial charge in [0.1, 0.15) is 10.5 Å². The van der Waals surface area contributed by atoms with E-state index in [0.717, 1.165) is 40.0 Å². The molecule has 0 radical (unpaired) electrons. The number of hydrogen-bond donors (Lipinski definition) is 3. The van der Waals surface area contributed by atoms with Gasteiger partial charge in [-0.3, -0.25) is 0 Å². The summed E-state index contributed by atoms with van der Waals surface area (Å²) in [6, 6.07) is 5.80. The number of thioether (sulfide) groups is 1. The van der Waals surface area contributed by atoms with Crippen molar-refractivity contribution in [3.63, 3.8) is 0 Å². The van der Waals surface area contributed by atoms with Gasteiger partial charge in [-0.25, -0.2) is 9.97 Å². The van der Waals surface area contributed by atoms with Crippen LogP contribution in [0.1, 0.15) is 0 Å². The summed E-state index contributed by atoms with van der Waals surface area (Å²) in [6.07, 6.45) is 1.59. The first kappa shape index (κ1) is 13.9. The highest BCUT2D eigenvalue weighted by Crippen LogP contribution is 2.34. The fourth-order valence-electron chi connectivity index (χ4n) is 2.28. The van der Waals surface area contributed by atoms with Crippen molar-refractivity contribution in [3.8, 4) is 11.5 Å². The van der Waals surface area contributed by atoms with Gasteiger partial charge in [-0.2, -0.15) is 4.98 Å². The Kier molecular flexibility index (Phi) is 3.54. The lowest BCUT2D eigenvalue weighted by Crippen LogP contribution is -2.05. The van der Waals surface area contributed by atoms with Gasteiger partial charge in [0.25, 0.3) is 0 Å². The molecule has 0 unspecified atom stereocenters. The predicted octanol–water partition coefficient (Wildman–Crippen LogP) is 1.87. The Labute approximate surface area is 135 Å². The monoisotopic (exact) mass is 330 g/mol. The van der Waals surface area contributed by atoms with Crippen LogP contribution >= 0.6 is 11.8 Å². The highest BCUT2D eigenvalue weighted by atomic mass is 32.2. The minimum Gasteiger partial charge on any atom is -0.454 e. The van der Waals surface area contributed by atoms with Crippen LogP contribution in [0.3, 0.4) is 0 Å². The number of aromatic nitrogens is 4. The quantitative estimate of drug-likeness (QED) is 0.369. The Balaban J connectivity index is 1.37. The summed E-state index contributed by atoms with van der Waals surface area (Å²) in [5, 5.41) is 4.15. The van der Waals surface area contributed by atoms with E-state index in [9.17, 15) is 0 Å². The van der Waals surface area contributed by atoms with Crippen molar-refractivity contribution < 1.29 is 9.47 Å². The number of H-pyrrole nitrogens is 1. The van der Waals surface area contributed by atoms with E-state index in [4.69, 9.17) is 15.2 Å². The smallest absolute Gasteiger partial charge is 0.231 e. The van der Waals surface area contributed by atoms with E-state index < -0.39 is 0 Å². The van der Waals surface area contributed by atoms with E-state index in [1.165, 1.54) is 0 Å². The fraction of sp³-hybridized carbons (Fsp3) is 0.214. The molecule has 3 heterocycles. The van der Waals surface area contributed by atoms with Crippen LogP contribution in [0.4, 0.5) is 11.6 Å². The maximum Gasteiger partial charge on any atom is 0.231 e. The highest BCUT2D eigenvalue weighted by molar-refractivity contribution is 7.99. The molecule has 8 nitrogen and oxygen atoms in total. The van der Waals surface area contributed by atoms with Crippen LogP contribution in [0.5, 0.6) is 11.5 Å². The molecule has 0 spiro atoms. The number of nitrogens with zero attached hydrogens (tertiary/aromatic N) is 3. The molecule has 1 aliphatic rings. The molecule has 0 aliphatic carbocycles.